The van der Waals surface area contributed by atoms with Gasteiger partial charge in [-0.1, -0.05) is 0 Å². The van der Waals surface area contributed by atoms with Gasteiger partial charge in [-0.05, 0) is 0 Å². The average molecular weight is 347 g/mol. The number of hydrogen-bond donors (Lipinski definition) is 6. The van der Waals surface area contributed by atoms with Gasteiger partial charge in [0.25, 0.3) is 0 Å². The normalized spacial score (nSPS) is 28.5. The number of phosphoric ester groups is 1. The van der Waals surface area contributed by atoms with Crippen molar-refractivity contribution < 1.29 is 33.8 Å². The first kappa shape index (κ1) is 16.2. The quantitative estimate of drug-likeness (QED) is 0.339. The molecular formula is C10H14N5O7P. The van der Waals surface area contributed by atoms with Crippen LogP contribution in [0.15, 0.2) is 12.7 Å². The molecule has 23 heavy (non-hydrogen) atoms. The van der Waals surface area contributed by atoms with E-state index in [2.05, 4.69) is 19.5 Å². The third-order valence-electron chi connectivity index (χ3n) is 3.43. The average Bonchev–Trinajstić information content (AvgIpc) is 3.06. The molecule has 3 rings (SSSR count). The van der Waals surface area contributed by atoms with Gasteiger partial charge in [0.05, 0.1) is 12.9 Å². The van der Waals surface area contributed by atoms with E-state index in [1.54, 1.807) is 0 Å². The zero-order valence-electron chi connectivity index (χ0n) is 11.5. The van der Waals surface area contributed by atoms with Gasteiger partial charge in [0.15, 0.2) is 17.4 Å². The molecule has 0 bridgehead atoms. The summed E-state index contributed by atoms with van der Waals surface area (Å²) in [4.78, 5) is 28.0. The van der Waals surface area contributed by atoms with Crippen molar-refractivity contribution in [3.8, 4) is 0 Å². The number of rotatable bonds is 4. The van der Waals surface area contributed by atoms with Crippen LogP contribution in [-0.4, -0.2) is 64.4 Å². The van der Waals surface area contributed by atoms with Crippen LogP contribution in [0.5, 0.6) is 0 Å². The second kappa shape index (κ2) is 5.76. The molecule has 2 aromatic heterocycles. The van der Waals surface area contributed by atoms with E-state index in [-0.39, 0.29) is 11.1 Å². The van der Waals surface area contributed by atoms with Crippen molar-refractivity contribution in [1.82, 2.24) is 19.5 Å². The van der Waals surface area contributed by atoms with E-state index in [1.165, 1.54) is 17.2 Å². The number of aromatic nitrogens is 4. The second-order valence-corrected chi connectivity index (χ2v) is 6.17. The van der Waals surface area contributed by atoms with E-state index in [9.17, 15) is 14.8 Å². The molecule has 6 N–H and O–H groups in total. The van der Waals surface area contributed by atoms with Gasteiger partial charge in [-0.15, -0.1) is 0 Å². The molecular weight excluding hydrogens is 333 g/mol. The number of ether oxygens (including phenoxy) is 1. The Balaban J connectivity index is 1.88. The molecule has 1 aliphatic heterocycles. The molecule has 4 unspecified atom stereocenters. The monoisotopic (exact) mass is 347 g/mol. The smallest absolute Gasteiger partial charge is 0.387 e. The molecule has 2 aromatic rings. The third-order valence-corrected chi connectivity index (χ3v) is 3.92. The number of imidazole rings is 1. The van der Waals surface area contributed by atoms with E-state index >= 15 is 0 Å². The van der Waals surface area contributed by atoms with Crippen molar-refractivity contribution in [2.45, 2.75) is 24.5 Å². The molecule has 0 radical (unpaired) electrons. The molecule has 1 fully saturated rings. The predicted octanol–water partition coefficient (Wildman–Crippen LogP) is -2.03. The van der Waals surface area contributed by atoms with Crippen LogP contribution >= 0.6 is 7.82 Å². The summed E-state index contributed by atoms with van der Waals surface area (Å²) >= 11 is 0. The van der Waals surface area contributed by atoms with E-state index in [0.717, 1.165) is 0 Å². The van der Waals surface area contributed by atoms with Gasteiger partial charge in [0.1, 0.15) is 30.2 Å². The Kier molecular flexibility index (Phi) is 4.06. The molecule has 0 aromatic carbocycles. The number of H-pyrrole nitrogens is 1. The Morgan fingerprint density at radius 1 is 1.39 bits per heavy atom. The zero-order valence-corrected chi connectivity index (χ0v) is 12.4. The minimum Gasteiger partial charge on any atom is -0.387 e. The lowest BCUT2D eigenvalue weighted by Crippen LogP contribution is -2.33. The lowest BCUT2D eigenvalue weighted by atomic mass is 10.1. The Morgan fingerprint density at radius 2 is 2.13 bits per heavy atom. The van der Waals surface area contributed by atoms with Crippen molar-refractivity contribution in [2.24, 2.45) is 0 Å². The van der Waals surface area contributed by atoms with Crippen LogP contribution in [0.2, 0.25) is 0 Å². The van der Waals surface area contributed by atoms with Crippen LogP contribution in [0.25, 0.3) is 11.2 Å². The number of phosphoric acid groups is 1. The van der Waals surface area contributed by atoms with Crippen LogP contribution in [0.4, 0.5) is 0 Å². The second-order valence-electron chi connectivity index (χ2n) is 4.93. The summed E-state index contributed by atoms with van der Waals surface area (Å²) in [6.45, 7) is -0.604. The summed E-state index contributed by atoms with van der Waals surface area (Å²) < 4.78 is 21.8. The molecule has 0 saturated carbocycles. The van der Waals surface area contributed by atoms with Gasteiger partial charge in [-0.25, -0.2) is 14.5 Å². The standard InChI is InChI=1S/C10H14N5O7P/c11-8-5-9(13-2-12-5)15(3-14-8)10-7(17)6(16)4(22-10)1-21-23(18,19)20/h2-4,6-7,10-11,16-17H,1H2,(H,12,13)(H2,18,19,20). The number of nitrogens with one attached hydrogen (secondary N) is 2. The minimum atomic E-state index is -4.73. The summed E-state index contributed by atoms with van der Waals surface area (Å²) in [6, 6.07) is 0. The van der Waals surface area contributed by atoms with Gasteiger partial charge in [-0.2, -0.15) is 0 Å². The fourth-order valence-corrected chi connectivity index (χ4v) is 2.69. The number of nitrogens with zero attached hydrogens (tertiary/aromatic N) is 3. The van der Waals surface area contributed by atoms with Crippen LogP contribution in [-0.2, 0) is 13.8 Å². The first-order valence-corrected chi connectivity index (χ1v) is 7.97. The number of fused-ring (bicyclic) bond motifs is 1. The first-order chi connectivity index (χ1) is 10.8. The van der Waals surface area contributed by atoms with E-state index in [1.807, 2.05) is 0 Å². The number of aliphatic hydroxyl groups is 2. The highest BCUT2D eigenvalue weighted by atomic mass is 31.2. The van der Waals surface area contributed by atoms with Gasteiger partial charge < -0.3 is 29.7 Å². The lowest BCUT2D eigenvalue weighted by molar-refractivity contribution is -0.0508. The van der Waals surface area contributed by atoms with Crippen molar-refractivity contribution in [3.63, 3.8) is 0 Å². The zero-order chi connectivity index (χ0) is 16.8. The maximum atomic E-state index is 10.7. The highest BCUT2D eigenvalue weighted by Gasteiger charge is 2.45. The van der Waals surface area contributed by atoms with Crippen molar-refractivity contribution >= 4 is 19.0 Å². The lowest BCUT2D eigenvalue weighted by Gasteiger charge is -2.18. The Bertz CT molecular complexity index is 815. The molecule has 13 heteroatoms. The Morgan fingerprint density at radius 3 is 2.83 bits per heavy atom. The van der Waals surface area contributed by atoms with E-state index in [4.69, 9.17) is 19.9 Å². The van der Waals surface area contributed by atoms with Gasteiger partial charge in [0.2, 0.25) is 0 Å². The Labute approximate surface area is 128 Å². The molecule has 0 spiro atoms. The topological polar surface area (TPSA) is 187 Å². The molecule has 0 amide bonds. The molecule has 12 nitrogen and oxygen atoms in total. The molecule has 1 saturated heterocycles. The van der Waals surface area contributed by atoms with Crippen molar-refractivity contribution in [2.75, 3.05) is 6.61 Å². The molecule has 3 heterocycles. The maximum absolute atomic E-state index is 10.7. The van der Waals surface area contributed by atoms with Crippen LogP contribution in [0.3, 0.4) is 0 Å². The summed E-state index contributed by atoms with van der Waals surface area (Å²) in [7, 11) is -4.73. The van der Waals surface area contributed by atoms with Gasteiger partial charge in [0, 0.05) is 0 Å². The molecule has 4 atom stereocenters. The largest absolute Gasteiger partial charge is 0.469 e. The SMILES string of the molecule is N=c1ncn(C2OC(COP(=O)(O)O)C(O)C2O)c2nc[nH]c12. The first-order valence-electron chi connectivity index (χ1n) is 6.44. The number of hydrogen-bond acceptors (Lipinski definition) is 8. The predicted molar refractivity (Wildman–Crippen MR) is 71.7 cm³/mol. The van der Waals surface area contributed by atoms with E-state index < -0.39 is 39.0 Å². The third kappa shape index (κ3) is 3.05. The van der Waals surface area contributed by atoms with E-state index in [0.29, 0.717) is 5.52 Å². The Hall–Kier alpha value is -1.66. The number of aliphatic hydroxyl groups excluding tert-OH is 2. The summed E-state index contributed by atoms with van der Waals surface area (Å²) in [5.41, 5.74) is 0.536. The van der Waals surface area contributed by atoms with Crippen LogP contribution < -0.4 is 5.49 Å². The van der Waals surface area contributed by atoms with Crippen LogP contribution in [0.1, 0.15) is 6.23 Å². The molecule has 1 aliphatic rings. The van der Waals surface area contributed by atoms with Gasteiger partial charge in [-0.3, -0.25) is 14.5 Å². The summed E-state index contributed by atoms with van der Waals surface area (Å²) in [6.07, 6.45) is -2.52. The highest BCUT2D eigenvalue weighted by molar-refractivity contribution is 7.46. The van der Waals surface area contributed by atoms with Crippen molar-refractivity contribution in [3.05, 3.63) is 18.1 Å². The molecule has 126 valence electrons. The fraction of sp³-hybridized carbons (Fsp3) is 0.500. The summed E-state index contributed by atoms with van der Waals surface area (Å²) in [5, 5.41) is 27.7. The number of aromatic amines is 1. The molecule has 0 aliphatic carbocycles. The summed E-state index contributed by atoms with van der Waals surface area (Å²) in [5.74, 6) is 0. The van der Waals surface area contributed by atoms with Crippen LogP contribution in [0, 0.1) is 5.41 Å². The van der Waals surface area contributed by atoms with Gasteiger partial charge >= 0.3 is 7.82 Å². The highest BCUT2D eigenvalue weighted by Crippen LogP contribution is 2.38. The maximum Gasteiger partial charge on any atom is 0.469 e. The fourth-order valence-electron chi connectivity index (χ4n) is 2.35. The minimum absolute atomic E-state index is 0.0526. The van der Waals surface area contributed by atoms with Crippen molar-refractivity contribution in [1.29, 1.82) is 5.41 Å².